The first-order chi connectivity index (χ1) is 11.6. The summed E-state index contributed by atoms with van der Waals surface area (Å²) < 4.78 is 13.6. The molecule has 2 heterocycles. The van der Waals surface area contributed by atoms with Gasteiger partial charge in [0.25, 0.3) is 5.91 Å². The Morgan fingerprint density at radius 1 is 1.29 bits per heavy atom. The molecule has 3 rings (SSSR count). The molecule has 2 aromatic rings. The Morgan fingerprint density at radius 2 is 2.00 bits per heavy atom. The highest BCUT2D eigenvalue weighted by atomic mass is 32.1. The molecule has 0 spiro atoms. The van der Waals surface area contributed by atoms with E-state index in [9.17, 15) is 19.3 Å². The van der Waals surface area contributed by atoms with Crippen LogP contribution in [0.2, 0.25) is 0 Å². The molecule has 1 N–H and O–H groups in total. The van der Waals surface area contributed by atoms with Crippen molar-refractivity contribution in [2.24, 2.45) is 0 Å². The molecule has 0 atom stereocenters. The van der Waals surface area contributed by atoms with Crippen LogP contribution in [-0.4, -0.2) is 30.0 Å². The van der Waals surface area contributed by atoms with Gasteiger partial charge in [0, 0.05) is 25.2 Å². The van der Waals surface area contributed by atoms with Gasteiger partial charge in [0.2, 0.25) is 0 Å². The van der Waals surface area contributed by atoms with Crippen LogP contribution in [0.25, 0.3) is 0 Å². The summed E-state index contributed by atoms with van der Waals surface area (Å²) in [6.07, 6.45) is 1.32. The van der Waals surface area contributed by atoms with Gasteiger partial charge in [-0.15, -0.1) is 11.3 Å². The van der Waals surface area contributed by atoms with E-state index in [0.717, 1.165) is 0 Å². The van der Waals surface area contributed by atoms with E-state index in [1.807, 2.05) is 4.90 Å². The Kier molecular flexibility index (Phi) is 4.75. The maximum Gasteiger partial charge on any atom is 0.303 e. The Bertz CT molecular complexity index is 757. The van der Waals surface area contributed by atoms with Crippen molar-refractivity contribution < 1.29 is 14.1 Å². The quantitative estimate of drug-likeness (QED) is 0.679. The van der Waals surface area contributed by atoms with E-state index in [0.29, 0.717) is 30.9 Å². The van der Waals surface area contributed by atoms with Crippen LogP contribution in [0.15, 0.2) is 35.7 Å². The van der Waals surface area contributed by atoms with Gasteiger partial charge < -0.3 is 10.2 Å². The zero-order valence-electron chi connectivity index (χ0n) is 12.8. The maximum absolute atomic E-state index is 13.6. The number of piperidine rings is 1. The minimum Gasteiger partial charge on any atom is -0.358 e. The van der Waals surface area contributed by atoms with Crippen LogP contribution >= 0.6 is 11.3 Å². The van der Waals surface area contributed by atoms with Gasteiger partial charge in [0.15, 0.2) is 5.00 Å². The lowest BCUT2D eigenvalue weighted by Gasteiger charge is -2.32. The van der Waals surface area contributed by atoms with Crippen LogP contribution < -0.4 is 10.2 Å². The number of nitrogens with one attached hydrogen (secondary N) is 1. The predicted octanol–water partition coefficient (Wildman–Crippen LogP) is 3.19. The minimum absolute atomic E-state index is 0.0359. The summed E-state index contributed by atoms with van der Waals surface area (Å²) in [5.74, 6) is -0.963. The van der Waals surface area contributed by atoms with Crippen molar-refractivity contribution >= 4 is 27.9 Å². The molecule has 6 nitrogen and oxygen atoms in total. The number of nitro groups is 1. The number of benzene rings is 1. The lowest BCUT2D eigenvalue weighted by Crippen LogP contribution is -2.44. The van der Waals surface area contributed by atoms with E-state index in [2.05, 4.69) is 5.32 Å². The third kappa shape index (κ3) is 3.38. The first-order valence-electron chi connectivity index (χ1n) is 7.58. The largest absolute Gasteiger partial charge is 0.358 e. The summed E-state index contributed by atoms with van der Waals surface area (Å²) >= 11 is 1.35. The maximum atomic E-state index is 13.6. The van der Waals surface area contributed by atoms with Gasteiger partial charge in [-0.1, -0.05) is 12.1 Å². The third-order valence-corrected chi connectivity index (χ3v) is 5.02. The molecular weight excluding hydrogens is 333 g/mol. The van der Waals surface area contributed by atoms with Gasteiger partial charge in [-0.05, 0) is 30.4 Å². The van der Waals surface area contributed by atoms with Crippen LogP contribution in [0.1, 0.15) is 23.2 Å². The molecule has 1 aromatic heterocycles. The van der Waals surface area contributed by atoms with Crippen LogP contribution in [0.4, 0.5) is 15.1 Å². The molecule has 1 saturated heterocycles. The number of hydrogen-bond donors (Lipinski definition) is 1. The molecule has 126 valence electrons. The number of halogens is 1. The van der Waals surface area contributed by atoms with E-state index >= 15 is 0 Å². The molecule has 0 radical (unpaired) electrons. The van der Waals surface area contributed by atoms with E-state index in [1.54, 1.807) is 17.5 Å². The first-order valence-corrected chi connectivity index (χ1v) is 8.46. The Balaban J connectivity index is 1.59. The summed E-state index contributed by atoms with van der Waals surface area (Å²) in [5, 5.41) is 16.2. The summed E-state index contributed by atoms with van der Waals surface area (Å²) in [5.41, 5.74) is 0.155. The molecule has 1 aliphatic heterocycles. The number of anilines is 1. The molecule has 0 bridgehead atoms. The topological polar surface area (TPSA) is 75.5 Å². The van der Waals surface area contributed by atoms with Gasteiger partial charge in [0.1, 0.15) is 5.82 Å². The molecule has 1 amide bonds. The van der Waals surface area contributed by atoms with Crippen molar-refractivity contribution in [2.45, 2.75) is 18.9 Å². The fourth-order valence-corrected chi connectivity index (χ4v) is 3.73. The zero-order chi connectivity index (χ0) is 17.1. The third-order valence-electron chi connectivity index (χ3n) is 4.06. The first kappa shape index (κ1) is 16.4. The highest BCUT2D eigenvalue weighted by Gasteiger charge is 2.27. The number of thiophene rings is 1. The summed E-state index contributed by atoms with van der Waals surface area (Å²) in [4.78, 5) is 24.7. The van der Waals surface area contributed by atoms with Crippen LogP contribution in [0.3, 0.4) is 0 Å². The van der Waals surface area contributed by atoms with Crippen LogP contribution in [0.5, 0.6) is 0 Å². The SMILES string of the molecule is O=C(NC1CCN(c2sccc2[N+](=O)[O-])CC1)c1ccccc1F. The summed E-state index contributed by atoms with van der Waals surface area (Å²) in [6.45, 7) is 1.23. The molecule has 0 unspecified atom stereocenters. The second-order valence-corrected chi connectivity index (χ2v) is 6.48. The Hall–Kier alpha value is -2.48. The highest BCUT2D eigenvalue weighted by Crippen LogP contribution is 2.35. The molecular formula is C16H16FN3O3S. The number of hydrogen-bond acceptors (Lipinski definition) is 5. The monoisotopic (exact) mass is 349 g/mol. The van der Waals surface area contributed by atoms with Crippen molar-refractivity contribution in [1.29, 1.82) is 0 Å². The molecule has 1 aliphatic rings. The lowest BCUT2D eigenvalue weighted by atomic mass is 10.0. The Morgan fingerprint density at radius 3 is 2.67 bits per heavy atom. The number of carbonyl (C=O) groups is 1. The van der Waals surface area contributed by atoms with Gasteiger partial charge in [-0.25, -0.2) is 4.39 Å². The second kappa shape index (κ2) is 6.96. The summed E-state index contributed by atoms with van der Waals surface area (Å²) in [7, 11) is 0. The van der Waals surface area contributed by atoms with Gasteiger partial charge in [-0.2, -0.15) is 0 Å². The van der Waals surface area contributed by atoms with Crippen molar-refractivity contribution in [3.8, 4) is 0 Å². The minimum atomic E-state index is -0.540. The smallest absolute Gasteiger partial charge is 0.303 e. The van der Waals surface area contributed by atoms with E-state index in [1.165, 1.54) is 29.5 Å². The number of rotatable bonds is 4. The van der Waals surface area contributed by atoms with Crippen molar-refractivity contribution in [3.05, 3.63) is 57.2 Å². The highest BCUT2D eigenvalue weighted by molar-refractivity contribution is 7.14. The van der Waals surface area contributed by atoms with Gasteiger partial charge >= 0.3 is 5.69 Å². The van der Waals surface area contributed by atoms with Crippen molar-refractivity contribution in [3.63, 3.8) is 0 Å². The molecule has 1 aromatic carbocycles. The molecule has 0 saturated carbocycles. The average Bonchev–Trinajstić information content (AvgIpc) is 3.06. The molecule has 24 heavy (non-hydrogen) atoms. The molecule has 1 fully saturated rings. The Labute approximate surface area is 142 Å². The van der Waals surface area contributed by atoms with Crippen LogP contribution in [0, 0.1) is 15.9 Å². The van der Waals surface area contributed by atoms with E-state index < -0.39 is 11.7 Å². The van der Waals surface area contributed by atoms with Crippen molar-refractivity contribution in [2.75, 3.05) is 18.0 Å². The van der Waals surface area contributed by atoms with Gasteiger partial charge in [-0.3, -0.25) is 14.9 Å². The predicted molar refractivity (Wildman–Crippen MR) is 90.1 cm³/mol. The number of amides is 1. The van der Waals surface area contributed by atoms with E-state index in [-0.39, 0.29) is 22.2 Å². The normalized spacial score (nSPS) is 15.3. The second-order valence-electron chi connectivity index (χ2n) is 5.58. The van der Waals surface area contributed by atoms with Gasteiger partial charge in [0.05, 0.1) is 10.5 Å². The lowest BCUT2D eigenvalue weighted by molar-refractivity contribution is -0.383. The fourth-order valence-electron chi connectivity index (χ4n) is 2.81. The van der Waals surface area contributed by atoms with E-state index in [4.69, 9.17) is 0 Å². The average molecular weight is 349 g/mol. The zero-order valence-corrected chi connectivity index (χ0v) is 13.6. The number of nitrogens with zero attached hydrogens (tertiary/aromatic N) is 2. The number of carbonyl (C=O) groups excluding carboxylic acids is 1. The molecule has 0 aliphatic carbocycles. The van der Waals surface area contributed by atoms with Crippen LogP contribution in [-0.2, 0) is 0 Å². The summed E-state index contributed by atoms with van der Waals surface area (Å²) in [6, 6.07) is 7.32. The fraction of sp³-hybridized carbons (Fsp3) is 0.312. The van der Waals surface area contributed by atoms with Crippen molar-refractivity contribution in [1.82, 2.24) is 5.32 Å². The standard InChI is InChI=1S/C16H16FN3O3S/c17-13-4-2-1-3-12(13)15(21)18-11-5-8-19(9-6-11)16-14(20(22)23)7-10-24-16/h1-4,7,10-11H,5-6,8-9H2,(H,18,21). The molecule has 8 heteroatoms.